The summed E-state index contributed by atoms with van der Waals surface area (Å²) in [5.41, 5.74) is 5.23. The molecule has 1 unspecified atom stereocenters. The second-order valence-electron chi connectivity index (χ2n) is 5.82. The van der Waals surface area contributed by atoms with Crippen molar-refractivity contribution >= 4 is 11.7 Å². The van der Waals surface area contributed by atoms with Gasteiger partial charge in [0, 0.05) is 18.5 Å². The van der Waals surface area contributed by atoms with Crippen molar-refractivity contribution < 1.29 is 9.90 Å². The number of aromatic nitrogens is 2. The van der Waals surface area contributed by atoms with E-state index in [1.165, 1.54) is 6.20 Å². The van der Waals surface area contributed by atoms with Gasteiger partial charge in [0.15, 0.2) is 0 Å². The highest BCUT2D eigenvalue weighted by molar-refractivity contribution is 5.90. The molecular weight excluding hydrogens is 256 g/mol. The molecule has 1 fully saturated rings. The Bertz CT molecular complexity index is 475. The second kappa shape index (κ2) is 5.75. The van der Waals surface area contributed by atoms with E-state index >= 15 is 0 Å². The van der Waals surface area contributed by atoms with Crippen molar-refractivity contribution in [3.8, 4) is 0 Å². The molecule has 0 saturated carbocycles. The van der Waals surface area contributed by atoms with E-state index in [4.69, 9.17) is 5.73 Å². The van der Waals surface area contributed by atoms with Gasteiger partial charge in [0.1, 0.15) is 11.5 Å². The molecule has 6 heteroatoms. The number of hydrogen-bond donors (Lipinski definition) is 2. The summed E-state index contributed by atoms with van der Waals surface area (Å²) in [7, 11) is 0. The van der Waals surface area contributed by atoms with E-state index in [1.807, 2.05) is 0 Å². The lowest BCUT2D eigenvalue weighted by Crippen LogP contribution is -2.48. The smallest absolute Gasteiger partial charge is 0.268 e. The molecule has 0 spiro atoms. The van der Waals surface area contributed by atoms with E-state index in [0.29, 0.717) is 5.92 Å². The summed E-state index contributed by atoms with van der Waals surface area (Å²) in [6.07, 6.45) is 5.01. The van der Waals surface area contributed by atoms with Gasteiger partial charge in [-0.05, 0) is 18.8 Å². The molecule has 1 aromatic heterocycles. The van der Waals surface area contributed by atoms with Crippen LogP contribution >= 0.6 is 0 Å². The van der Waals surface area contributed by atoms with Crippen LogP contribution in [0, 0.1) is 11.3 Å². The number of hydrogen-bond acceptors (Lipinski definition) is 5. The van der Waals surface area contributed by atoms with Crippen LogP contribution in [0.1, 0.15) is 37.2 Å². The fourth-order valence-electron chi connectivity index (χ4n) is 2.75. The number of aliphatic hydroxyl groups is 1. The molecule has 1 atom stereocenters. The minimum Gasteiger partial charge on any atom is -0.396 e. The first kappa shape index (κ1) is 14.7. The van der Waals surface area contributed by atoms with E-state index in [2.05, 4.69) is 28.7 Å². The fourth-order valence-corrected chi connectivity index (χ4v) is 2.75. The van der Waals surface area contributed by atoms with Gasteiger partial charge in [-0.25, -0.2) is 9.97 Å². The van der Waals surface area contributed by atoms with E-state index in [9.17, 15) is 9.90 Å². The van der Waals surface area contributed by atoms with Crippen LogP contribution in [0.3, 0.4) is 0 Å². The summed E-state index contributed by atoms with van der Waals surface area (Å²) in [5, 5.41) is 9.77. The van der Waals surface area contributed by atoms with Crippen molar-refractivity contribution in [1.82, 2.24) is 9.97 Å². The number of primary amides is 1. The van der Waals surface area contributed by atoms with Gasteiger partial charge >= 0.3 is 0 Å². The Hall–Kier alpha value is -1.69. The predicted molar refractivity (Wildman–Crippen MR) is 76.4 cm³/mol. The zero-order valence-corrected chi connectivity index (χ0v) is 12.0. The lowest BCUT2D eigenvalue weighted by atomic mass is 9.72. The molecule has 0 radical (unpaired) electrons. The normalized spacial score (nSPS) is 23.1. The Balaban J connectivity index is 2.18. The van der Waals surface area contributed by atoms with Gasteiger partial charge in [0.2, 0.25) is 0 Å². The number of carbonyl (C=O) groups excluding carboxylic acids is 1. The van der Waals surface area contributed by atoms with Crippen molar-refractivity contribution in [1.29, 1.82) is 0 Å². The molecular formula is C14H22N4O2. The van der Waals surface area contributed by atoms with Crippen LogP contribution in [0.25, 0.3) is 0 Å². The molecule has 1 aliphatic rings. The molecule has 1 aromatic rings. The summed E-state index contributed by atoms with van der Waals surface area (Å²) in [6, 6.07) is 0. The lowest BCUT2D eigenvalue weighted by Gasteiger charge is -2.45. The van der Waals surface area contributed by atoms with Gasteiger partial charge in [0.05, 0.1) is 19.0 Å². The Morgan fingerprint density at radius 1 is 1.50 bits per heavy atom. The summed E-state index contributed by atoms with van der Waals surface area (Å²) >= 11 is 0. The molecule has 0 aromatic carbocycles. The van der Waals surface area contributed by atoms with E-state index in [0.717, 1.165) is 31.7 Å². The Labute approximate surface area is 119 Å². The van der Waals surface area contributed by atoms with Gasteiger partial charge in [-0.1, -0.05) is 13.8 Å². The predicted octanol–water partition coefficient (Wildman–Crippen LogP) is 0.810. The van der Waals surface area contributed by atoms with Crippen LogP contribution in [0.4, 0.5) is 5.82 Å². The molecule has 1 aliphatic heterocycles. The van der Waals surface area contributed by atoms with Crippen LogP contribution in [-0.4, -0.2) is 40.7 Å². The van der Waals surface area contributed by atoms with Gasteiger partial charge < -0.3 is 15.7 Å². The van der Waals surface area contributed by atoms with Crippen LogP contribution in [0.2, 0.25) is 0 Å². The number of carbonyl (C=O) groups is 1. The Kier molecular flexibility index (Phi) is 4.23. The maximum absolute atomic E-state index is 11.0. The Morgan fingerprint density at radius 2 is 2.25 bits per heavy atom. The molecule has 6 nitrogen and oxygen atoms in total. The van der Waals surface area contributed by atoms with Crippen LogP contribution < -0.4 is 10.6 Å². The summed E-state index contributed by atoms with van der Waals surface area (Å²) in [5.74, 6) is 0.552. The third-order valence-electron chi connectivity index (χ3n) is 4.36. The van der Waals surface area contributed by atoms with Crippen LogP contribution in [-0.2, 0) is 0 Å². The number of nitrogens with zero attached hydrogens (tertiary/aromatic N) is 3. The first-order valence-electron chi connectivity index (χ1n) is 6.96. The van der Waals surface area contributed by atoms with Crippen LogP contribution in [0.5, 0.6) is 0 Å². The van der Waals surface area contributed by atoms with Crippen molar-refractivity contribution in [2.24, 2.45) is 17.1 Å². The maximum Gasteiger partial charge on any atom is 0.268 e. The quantitative estimate of drug-likeness (QED) is 0.850. The number of aliphatic hydroxyl groups excluding tert-OH is 1. The monoisotopic (exact) mass is 278 g/mol. The molecule has 2 heterocycles. The van der Waals surface area contributed by atoms with Gasteiger partial charge in [0.25, 0.3) is 5.91 Å². The molecule has 0 bridgehead atoms. The highest BCUT2D eigenvalue weighted by Crippen LogP contribution is 2.37. The minimum absolute atomic E-state index is 0.0950. The SMILES string of the molecule is CC(C)C1(CO)CCCN(c2cnc(C(N)=O)cn2)C1. The average Bonchev–Trinajstić information content (AvgIpc) is 2.47. The van der Waals surface area contributed by atoms with Crippen LogP contribution in [0.15, 0.2) is 12.4 Å². The molecule has 3 N–H and O–H groups in total. The third-order valence-corrected chi connectivity index (χ3v) is 4.36. The first-order valence-corrected chi connectivity index (χ1v) is 6.96. The van der Waals surface area contributed by atoms with Gasteiger partial charge in [-0.2, -0.15) is 0 Å². The maximum atomic E-state index is 11.0. The second-order valence-corrected chi connectivity index (χ2v) is 5.82. The fraction of sp³-hybridized carbons (Fsp3) is 0.643. The van der Waals surface area contributed by atoms with E-state index in [1.54, 1.807) is 6.20 Å². The van der Waals surface area contributed by atoms with Crippen molar-refractivity contribution in [3.05, 3.63) is 18.1 Å². The summed E-state index contributed by atoms with van der Waals surface area (Å²) < 4.78 is 0. The zero-order valence-electron chi connectivity index (χ0n) is 12.0. The highest BCUT2D eigenvalue weighted by atomic mass is 16.3. The number of anilines is 1. The standard InChI is InChI=1S/C14H22N4O2/c1-10(2)14(9-19)4-3-5-18(8-14)12-7-16-11(6-17-12)13(15)20/h6-7,10,19H,3-5,8-9H2,1-2H3,(H2,15,20). The molecule has 0 aliphatic carbocycles. The Morgan fingerprint density at radius 3 is 2.75 bits per heavy atom. The number of amides is 1. The third kappa shape index (κ3) is 2.75. The first-order chi connectivity index (χ1) is 9.48. The van der Waals surface area contributed by atoms with Crippen molar-refractivity contribution in [2.75, 3.05) is 24.6 Å². The van der Waals surface area contributed by atoms with E-state index < -0.39 is 5.91 Å². The van der Waals surface area contributed by atoms with Gasteiger partial charge in [-0.15, -0.1) is 0 Å². The molecule has 110 valence electrons. The lowest BCUT2D eigenvalue weighted by molar-refractivity contribution is 0.0598. The topological polar surface area (TPSA) is 92.3 Å². The largest absolute Gasteiger partial charge is 0.396 e. The molecule has 1 amide bonds. The highest BCUT2D eigenvalue weighted by Gasteiger charge is 2.38. The summed E-state index contributed by atoms with van der Waals surface area (Å²) in [4.78, 5) is 21.4. The van der Waals surface area contributed by atoms with E-state index in [-0.39, 0.29) is 17.7 Å². The number of piperidine rings is 1. The van der Waals surface area contributed by atoms with Crippen molar-refractivity contribution in [2.45, 2.75) is 26.7 Å². The molecule has 2 rings (SSSR count). The summed E-state index contributed by atoms with van der Waals surface area (Å²) in [6.45, 7) is 6.10. The number of nitrogens with two attached hydrogens (primary N) is 1. The molecule has 20 heavy (non-hydrogen) atoms. The number of rotatable bonds is 4. The molecule has 1 saturated heterocycles. The zero-order chi connectivity index (χ0) is 14.8. The minimum atomic E-state index is -0.574. The average molecular weight is 278 g/mol. The van der Waals surface area contributed by atoms with Crippen molar-refractivity contribution in [3.63, 3.8) is 0 Å². The van der Waals surface area contributed by atoms with Gasteiger partial charge in [-0.3, -0.25) is 4.79 Å².